The number of nitrogens with one attached hydrogen (secondary N) is 1. The summed E-state index contributed by atoms with van der Waals surface area (Å²) in [5, 5.41) is 23.9. The average molecular weight is 422 g/mol. The second kappa shape index (κ2) is 6.95. The molecule has 0 amide bonds. The minimum Gasteiger partial charge on any atom is -0.494 e. The van der Waals surface area contributed by atoms with Crippen LogP contribution in [0.1, 0.15) is 34.5 Å². The highest BCUT2D eigenvalue weighted by Crippen LogP contribution is 2.48. The van der Waals surface area contributed by atoms with Crippen molar-refractivity contribution in [3.05, 3.63) is 65.2 Å². The van der Waals surface area contributed by atoms with Crippen LogP contribution in [0, 0.1) is 5.82 Å². The molecule has 2 aromatic heterocycles. The predicted molar refractivity (Wildman–Crippen MR) is 110 cm³/mol. The molecule has 0 saturated heterocycles. The molecule has 2 heterocycles. The van der Waals surface area contributed by atoms with Gasteiger partial charge in [0.25, 0.3) is 5.88 Å². The molecule has 0 atom stereocenters. The zero-order chi connectivity index (χ0) is 21.8. The highest BCUT2D eigenvalue weighted by molar-refractivity contribution is 6.17. The van der Waals surface area contributed by atoms with E-state index in [0.29, 0.717) is 10.9 Å². The normalized spacial score (nSPS) is 14.7. The van der Waals surface area contributed by atoms with E-state index in [0.717, 1.165) is 18.4 Å². The zero-order valence-electron chi connectivity index (χ0n) is 16.6. The fourth-order valence-electron chi connectivity index (χ4n) is 3.93. The molecule has 31 heavy (non-hydrogen) atoms. The Labute approximate surface area is 176 Å². The maximum Gasteiger partial charge on any atom is 0.254 e. The number of ketones is 1. The number of ether oxygens (including phenoxy) is 1. The molecule has 7 nitrogen and oxygen atoms in total. The van der Waals surface area contributed by atoms with Crippen molar-refractivity contribution in [1.29, 1.82) is 0 Å². The second-order valence-electron chi connectivity index (χ2n) is 7.80. The van der Waals surface area contributed by atoms with Crippen molar-refractivity contribution in [3.8, 4) is 22.9 Å². The van der Waals surface area contributed by atoms with Gasteiger partial charge >= 0.3 is 0 Å². The Balaban J connectivity index is 1.58. The number of carbonyl (C=O) groups excluding carboxylic acids is 1. The number of hydrogen-bond donors (Lipinski definition) is 3. The topological polar surface area (TPSA) is 109 Å². The van der Waals surface area contributed by atoms with Gasteiger partial charge in [0.05, 0.1) is 30.9 Å². The molecule has 0 aliphatic heterocycles. The molecular formula is C23H19FN2O5. The summed E-state index contributed by atoms with van der Waals surface area (Å²) in [6.45, 7) is 0.0905. The lowest BCUT2D eigenvalue weighted by atomic mass is 9.93. The van der Waals surface area contributed by atoms with Crippen LogP contribution in [0.15, 0.2) is 47.0 Å². The third-order valence-electron chi connectivity index (χ3n) is 5.98. The minimum atomic E-state index is -0.605. The Hall–Kier alpha value is -3.65. The van der Waals surface area contributed by atoms with Crippen LogP contribution in [0.2, 0.25) is 0 Å². The average Bonchev–Trinajstić information content (AvgIpc) is 3.31. The first-order valence-electron chi connectivity index (χ1n) is 9.77. The first-order valence-corrected chi connectivity index (χ1v) is 9.77. The molecule has 1 aliphatic rings. The Bertz CT molecular complexity index is 1300. The molecule has 4 aromatic rings. The van der Waals surface area contributed by atoms with Crippen molar-refractivity contribution < 1.29 is 28.7 Å². The molecule has 1 fully saturated rings. The van der Waals surface area contributed by atoms with Gasteiger partial charge in [-0.1, -0.05) is 24.3 Å². The molecule has 1 saturated carbocycles. The van der Waals surface area contributed by atoms with Gasteiger partial charge in [0.1, 0.15) is 5.82 Å². The van der Waals surface area contributed by atoms with Crippen molar-refractivity contribution in [1.82, 2.24) is 10.1 Å². The first-order chi connectivity index (χ1) is 15.0. The van der Waals surface area contributed by atoms with Crippen LogP contribution in [0.3, 0.4) is 0 Å². The Kier molecular flexibility index (Phi) is 4.33. The number of rotatable bonds is 6. The molecule has 1 aliphatic carbocycles. The fourth-order valence-corrected chi connectivity index (χ4v) is 3.93. The SMILES string of the molecule is COc1cc(C(=O)c2c(O)[nH]c3cc(F)c(-c4ccc(C5(CO)CC5)cc4)cc23)on1. The van der Waals surface area contributed by atoms with Crippen LogP contribution in [0.5, 0.6) is 11.8 Å². The summed E-state index contributed by atoms with van der Waals surface area (Å²) < 4.78 is 24.8. The van der Waals surface area contributed by atoms with Gasteiger partial charge in [-0.3, -0.25) is 4.79 Å². The minimum absolute atomic E-state index is 0.0381. The summed E-state index contributed by atoms with van der Waals surface area (Å²) in [6, 6.07) is 11.5. The maximum atomic E-state index is 14.9. The number of aliphatic hydroxyl groups is 1. The number of H-pyrrole nitrogens is 1. The molecule has 0 spiro atoms. The molecule has 2 aromatic carbocycles. The molecule has 0 bridgehead atoms. The van der Waals surface area contributed by atoms with Crippen LogP contribution < -0.4 is 4.74 Å². The van der Waals surface area contributed by atoms with Gasteiger partial charge in [-0.25, -0.2) is 4.39 Å². The van der Waals surface area contributed by atoms with Crippen LogP contribution in [-0.4, -0.2) is 39.9 Å². The van der Waals surface area contributed by atoms with Crippen molar-refractivity contribution in [2.75, 3.05) is 13.7 Å². The quantitative estimate of drug-likeness (QED) is 0.406. The first kappa shape index (κ1) is 19.3. The maximum absolute atomic E-state index is 14.9. The van der Waals surface area contributed by atoms with E-state index in [1.807, 2.05) is 12.1 Å². The van der Waals surface area contributed by atoms with Crippen molar-refractivity contribution >= 4 is 16.7 Å². The van der Waals surface area contributed by atoms with E-state index in [1.165, 1.54) is 25.3 Å². The van der Waals surface area contributed by atoms with Gasteiger partial charge in [-0.15, -0.1) is 0 Å². The van der Waals surface area contributed by atoms with E-state index >= 15 is 0 Å². The van der Waals surface area contributed by atoms with Crippen molar-refractivity contribution in [3.63, 3.8) is 0 Å². The molecule has 8 heteroatoms. The molecular weight excluding hydrogens is 403 g/mol. The summed E-state index contributed by atoms with van der Waals surface area (Å²) in [5.74, 6) is -1.47. The Morgan fingerprint density at radius 3 is 2.61 bits per heavy atom. The van der Waals surface area contributed by atoms with E-state index in [9.17, 15) is 19.4 Å². The summed E-state index contributed by atoms with van der Waals surface area (Å²) >= 11 is 0. The van der Waals surface area contributed by atoms with Gasteiger partial charge in [-0.2, -0.15) is 0 Å². The third kappa shape index (κ3) is 3.07. The highest BCUT2D eigenvalue weighted by Gasteiger charge is 2.43. The fraction of sp³-hybridized carbons (Fsp3) is 0.217. The molecule has 158 valence electrons. The number of carbonyl (C=O) groups is 1. The van der Waals surface area contributed by atoms with Gasteiger partial charge in [0.2, 0.25) is 17.4 Å². The van der Waals surface area contributed by atoms with Crippen molar-refractivity contribution in [2.45, 2.75) is 18.3 Å². The van der Waals surface area contributed by atoms with Gasteiger partial charge < -0.3 is 24.5 Å². The summed E-state index contributed by atoms with van der Waals surface area (Å²) in [6.07, 6.45) is 1.87. The lowest BCUT2D eigenvalue weighted by Crippen LogP contribution is -2.11. The summed E-state index contributed by atoms with van der Waals surface area (Å²) in [7, 11) is 1.39. The Morgan fingerprint density at radius 1 is 1.26 bits per heavy atom. The third-order valence-corrected chi connectivity index (χ3v) is 5.98. The summed E-state index contributed by atoms with van der Waals surface area (Å²) in [5.41, 5.74) is 2.00. The van der Waals surface area contributed by atoms with Crippen LogP contribution >= 0.6 is 0 Å². The number of benzene rings is 2. The van der Waals surface area contributed by atoms with E-state index in [2.05, 4.69) is 10.1 Å². The van der Waals surface area contributed by atoms with Gasteiger partial charge in [0, 0.05) is 16.4 Å². The predicted octanol–water partition coefficient (Wildman–Crippen LogP) is 3.93. The number of hydrogen-bond acceptors (Lipinski definition) is 6. The molecule has 5 rings (SSSR count). The number of aromatic nitrogens is 2. The van der Waals surface area contributed by atoms with E-state index < -0.39 is 11.6 Å². The standard InChI is InChI=1S/C23H19FN2O5/c1-30-19-10-18(31-26-19)21(28)20-15-8-14(16(24)9-17(15)25-22(20)29)12-2-4-13(5-3-12)23(11-27)6-7-23/h2-5,8-10,25,27,29H,6-7,11H2,1H3. The van der Waals surface area contributed by atoms with E-state index in [1.54, 1.807) is 12.1 Å². The number of fused-ring (bicyclic) bond motifs is 1. The van der Waals surface area contributed by atoms with E-state index in [-0.39, 0.29) is 46.2 Å². The lowest BCUT2D eigenvalue weighted by Gasteiger charge is -2.13. The van der Waals surface area contributed by atoms with Crippen LogP contribution in [-0.2, 0) is 5.41 Å². The number of nitrogens with zero attached hydrogens (tertiary/aromatic N) is 1. The molecule has 0 radical (unpaired) electrons. The molecule has 3 N–H and O–H groups in total. The smallest absolute Gasteiger partial charge is 0.254 e. The largest absolute Gasteiger partial charge is 0.494 e. The Morgan fingerprint density at radius 2 is 2.00 bits per heavy atom. The highest BCUT2D eigenvalue weighted by atomic mass is 19.1. The van der Waals surface area contributed by atoms with E-state index in [4.69, 9.17) is 9.26 Å². The van der Waals surface area contributed by atoms with Gasteiger partial charge in [-0.05, 0) is 41.3 Å². The summed E-state index contributed by atoms with van der Waals surface area (Å²) in [4.78, 5) is 15.5. The number of aromatic amines is 1. The lowest BCUT2D eigenvalue weighted by molar-refractivity contribution is 0.0999. The van der Waals surface area contributed by atoms with Crippen molar-refractivity contribution in [2.24, 2.45) is 0 Å². The van der Waals surface area contributed by atoms with Crippen LogP contribution in [0.25, 0.3) is 22.0 Å². The number of aliphatic hydroxyl groups excluding tert-OH is 1. The molecule has 0 unspecified atom stereocenters. The zero-order valence-corrected chi connectivity index (χ0v) is 16.6. The number of methoxy groups -OCH3 is 1. The number of aromatic hydroxyl groups is 1. The monoisotopic (exact) mass is 422 g/mol. The van der Waals surface area contributed by atoms with Crippen LogP contribution in [0.4, 0.5) is 4.39 Å². The number of halogens is 1. The van der Waals surface area contributed by atoms with Gasteiger partial charge in [0.15, 0.2) is 0 Å². The second-order valence-corrected chi connectivity index (χ2v) is 7.80.